The predicted octanol–water partition coefficient (Wildman–Crippen LogP) is 1.57. The Morgan fingerprint density at radius 3 is 3.00 bits per heavy atom. The first kappa shape index (κ1) is 19.5. The number of rotatable bonds is 3. The highest BCUT2D eigenvalue weighted by Crippen LogP contribution is 2.32. The third-order valence-electron chi connectivity index (χ3n) is 5.21. The maximum absolute atomic E-state index is 13.3. The molecule has 1 aromatic heterocycles. The number of amides is 1. The minimum atomic E-state index is -0.185. The number of hydrogen-bond donors (Lipinski definition) is 1. The molecule has 1 aromatic carbocycles. The second-order valence-electron chi connectivity index (χ2n) is 6.83. The van der Waals surface area contributed by atoms with Gasteiger partial charge in [-0.2, -0.15) is 0 Å². The van der Waals surface area contributed by atoms with Gasteiger partial charge in [-0.3, -0.25) is 4.79 Å². The van der Waals surface area contributed by atoms with Gasteiger partial charge < -0.3 is 24.3 Å². The fourth-order valence-corrected chi connectivity index (χ4v) is 3.79. The molecule has 2 aliphatic heterocycles. The fourth-order valence-electron chi connectivity index (χ4n) is 3.79. The lowest BCUT2D eigenvalue weighted by atomic mass is 9.94. The number of carbonyl (C=O) groups is 1. The van der Waals surface area contributed by atoms with E-state index in [1.165, 1.54) is 0 Å². The van der Waals surface area contributed by atoms with E-state index in [1.807, 2.05) is 40.9 Å². The van der Waals surface area contributed by atoms with Gasteiger partial charge in [0.25, 0.3) is 0 Å². The maximum atomic E-state index is 13.3. The largest absolute Gasteiger partial charge is 0.497 e. The van der Waals surface area contributed by atoms with Crippen molar-refractivity contribution >= 4 is 18.3 Å². The number of benzene rings is 1. The topological polar surface area (TPSA) is 68.6 Å². The molecule has 27 heavy (non-hydrogen) atoms. The molecule has 2 unspecified atom stereocenters. The summed E-state index contributed by atoms with van der Waals surface area (Å²) in [5.74, 6) is 2.48. The van der Waals surface area contributed by atoms with Gasteiger partial charge in [-0.25, -0.2) is 4.98 Å². The van der Waals surface area contributed by atoms with Crippen LogP contribution < -0.4 is 14.8 Å². The van der Waals surface area contributed by atoms with Crippen LogP contribution in [0.1, 0.15) is 17.4 Å². The minimum absolute atomic E-state index is 0. The number of fused-ring (bicyclic) bond motifs is 1. The third kappa shape index (κ3) is 3.75. The molecule has 0 saturated carbocycles. The molecule has 8 heteroatoms. The van der Waals surface area contributed by atoms with Gasteiger partial charge in [0.15, 0.2) is 0 Å². The Kier molecular flexibility index (Phi) is 5.92. The molecule has 0 bridgehead atoms. The van der Waals surface area contributed by atoms with Crippen molar-refractivity contribution in [2.24, 2.45) is 13.0 Å². The van der Waals surface area contributed by atoms with Crippen LogP contribution in [-0.2, 0) is 18.3 Å². The summed E-state index contributed by atoms with van der Waals surface area (Å²) >= 11 is 0. The van der Waals surface area contributed by atoms with Gasteiger partial charge in [-0.05, 0) is 30.2 Å². The minimum Gasteiger partial charge on any atom is -0.497 e. The summed E-state index contributed by atoms with van der Waals surface area (Å²) < 4.78 is 13.1. The molecule has 2 aliphatic rings. The summed E-state index contributed by atoms with van der Waals surface area (Å²) in [7, 11) is 3.61. The van der Waals surface area contributed by atoms with Crippen LogP contribution in [0.5, 0.6) is 11.5 Å². The van der Waals surface area contributed by atoms with E-state index in [-0.39, 0.29) is 30.3 Å². The molecule has 1 N–H and O–H groups in total. The van der Waals surface area contributed by atoms with E-state index in [4.69, 9.17) is 9.47 Å². The van der Waals surface area contributed by atoms with E-state index in [1.54, 1.807) is 13.3 Å². The molecule has 2 atom stereocenters. The second-order valence-corrected chi connectivity index (χ2v) is 6.83. The van der Waals surface area contributed by atoms with Crippen molar-refractivity contribution in [1.29, 1.82) is 0 Å². The lowest BCUT2D eigenvalue weighted by Gasteiger charge is -2.38. The molecule has 7 nitrogen and oxygen atoms in total. The van der Waals surface area contributed by atoms with E-state index in [9.17, 15) is 4.79 Å². The highest BCUT2D eigenvalue weighted by Gasteiger charge is 2.36. The molecular formula is C19H25ClN4O3. The fraction of sp³-hybridized carbons (Fsp3) is 0.474. The standard InChI is InChI=1S/C19H24N4O3.ClH/c1-22-7-6-21-18(22)16-11-20-5-8-23(16)19(24)14-9-13-10-15(25-2)3-4-17(13)26-12-14;/h3-4,6-7,10,14,16,20H,5,8-9,11-12H2,1-2H3;1H. The summed E-state index contributed by atoms with van der Waals surface area (Å²) in [6.07, 6.45) is 4.36. The first-order valence-electron chi connectivity index (χ1n) is 8.95. The number of methoxy groups -OCH3 is 1. The van der Waals surface area contributed by atoms with Crippen LogP contribution >= 0.6 is 12.4 Å². The number of piperazine rings is 1. The van der Waals surface area contributed by atoms with Gasteiger partial charge in [0.2, 0.25) is 5.91 Å². The van der Waals surface area contributed by atoms with Crippen molar-refractivity contribution in [2.45, 2.75) is 12.5 Å². The summed E-state index contributed by atoms with van der Waals surface area (Å²) in [5.41, 5.74) is 1.03. The number of aromatic nitrogens is 2. The van der Waals surface area contributed by atoms with Crippen LogP contribution in [0.15, 0.2) is 30.6 Å². The molecule has 3 heterocycles. The predicted molar refractivity (Wildman–Crippen MR) is 103 cm³/mol. The van der Waals surface area contributed by atoms with Gasteiger partial charge >= 0.3 is 0 Å². The molecule has 1 saturated heterocycles. The second kappa shape index (κ2) is 8.19. The van der Waals surface area contributed by atoms with Gasteiger partial charge in [-0.1, -0.05) is 0 Å². The smallest absolute Gasteiger partial charge is 0.230 e. The number of carbonyl (C=O) groups excluding carboxylic acids is 1. The summed E-state index contributed by atoms with van der Waals surface area (Å²) in [4.78, 5) is 19.7. The molecule has 0 spiro atoms. The highest BCUT2D eigenvalue weighted by atomic mass is 35.5. The normalized spacial score (nSPS) is 21.6. The quantitative estimate of drug-likeness (QED) is 0.858. The number of hydrogen-bond acceptors (Lipinski definition) is 5. The number of halogens is 1. The SMILES string of the molecule is COc1ccc2c(c1)CC(C(=O)N1CCNCC1c1nccn1C)CO2.Cl. The first-order valence-corrected chi connectivity index (χ1v) is 8.95. The van der Waals surface area contributed by atoms with Crippen LogP contribution in [0.4, 0.5) is 0 Å². The number of aryl methyl sites for hydroxylation is 1. The molecular weight excluding hydrogens is 368 g/mol. The summed E-state index contributed by atoms with van der Waals surface area (Å²) in [5, 5.41) is 3.37. The van der Waals surface area contributed by atoms with E-state index < -0.39 is 0 Å². The van der Waals surface area contributed by atoms with Crippen LogP contribution in [0.3, 0.4) is 0 Å². The van der Waals surface area contributed by atoms with Gasteiger partial charge in [0.05, 0.1) is 13.0 Å². The van der Waals surface area contributed by atoms with Crippen LogP contribution in [0.25, 0.3) is 0 Å². The van der Waals surface area contributed by atoms with Gasteiger partial charge in [0.1, 0.15) is 30.0 Å². The summed E-state index contributed by atoms with van der Waals surface area (Å²) in [6, 6.07) is 5.70. The van der Waals surface area contributed by atoms with Crippen molar-refractivity contribution in [3.63, 3.8) is 0 Å². The Balaban J connectivity index is 0.00000210. The first-order chi connectivity index (χ1) is 12.7. The van der Waals surface area contributed by atoms with Crippen molar-refractivity contribution < 1.29 is 14.3 Å². The number of nitrogens with one attached hydrogen (secondary N) is 1. The van der Waals surface area contributed by atoms with Gasteiger partial charge in [-0.15, -0.1) is 12.4 Å². The average Bonchev–Trinajstić information content (AvgIpc) is 3.12. The van der Waals surface area contributed by atoms with E-state index in [0.29, 0.717) is 26.1 Å². The molecule has 2 aromatic rings. The Labute approximate surface area is 165 Å². The monoisotopic (exact) mass is 392 g/mol. The molecule has 1 amide bonds. The van der Waals surface area contributed by atoms with Crippen molar-refractivity contribution in [1.82, 2.24) is 19.8 Å². The zero-order valence-electron chi connectivity index (χ0n) is 15.6. The van der Waals surface area contributed by atoms with Crippen LogP contribution in [0, 0.1) is 5.92 Å². The van der Waals surface area contributed by atoms with Crippen LogP contribution in [-0.4, -0.2) is 53.7 Å². The maximum Gasteiger partial charge on any atom is 0.230 e. The number of imidazole rings is 1. The Hall–Kier alpha value is -2.25. The average molecular weight is 393 g/mol. The Morgan fingerprint density at radius 2 is 2.26 bits per heavy atom. The van der Waals surface area contributed by atoms with Gasteiger partial charge in [0, 0.05) is 39.1 Å². The van der Waals surface area contributed by atoms with Crippen molar-refractivity contribution in [3.05, 3.63) is 42.0 Å². The number of ether oxygens (including phenoxy) is 2. The zero-order chi connectivity index (χ0) is 18.1. The molecule has 1 fully saturated rings. The van der Waals surface area contributed by atoms with Crippen LogP contribution in [0.2, 0.25) is 0 Å². The Bertz CT molecular complexity index is 810. The highest BCUT2D eigenvalue weighted by molar-refractivity contribution is 5.85. The van der Waals surface area contributed by atoms with E-state index in [2.05, 4.69) is 10.3 Å². The van der Waals surface area contributed by atoms with Crippen molar-refractivity contribution in [2.75, 3.05) is 33.4 Å². The molecule has 146 valence electrons. The molecule has 0 aliphatic carbocycles. The molecule has 4 rings (SSSR count). The lowest BCUT2D eigenvalue weighted by molar-refractivity contribution is -0.140. The molecule has 0 radical (unpaired) electrons. The van der Waals surface area contributed by atoms with Crippen molar-refractivity contribution in [3.8, 4) is 11.5 Å². The van der Waals surface area contributed by atoms with E-state index >= 15 is 0 Å². The third-order valence-corrected chi connectivity index (χ3v) is 5.21. The number of nitrogens with zero attached hydrogens (tertiary/aromatic N) is 3. The summed E-state index contributed by atoms with van der Waals surface area (Å²) in [6.45, 7) is 2.60. The Morgan fingerprint density at radius 1 is 1.41 bits per heavy atom. The van der Waals surface area contributed by atoms with E-state index in [0.717, 1.165) is 29.4 Å². The lowest BCUT2D eigenvalue weighted by Crippen LogP contribution is -2.52. The zero-order valence-corrected chi connectivity index (χ0v) is 16.4.